The van der Waals surface area contributed by atoms with Crippen molar-refractivity contribution in [1.29, 1.82) is 0 Å². The summed E-state index contributed by atoms with van der Waals surface area (Å²) in [7, 11) is 0. The van der Waals surface area contributed by atoms with Crippen LogP contribution in [0.5, 0.6) is 0 Å². The third-order valence-electron chi connectivity index (χ3n) is 2.92. The van der Waals surface area contributed by atoms with E-state index in [1.165, 1.54) is 6.07 Å². The van der Waals surface area contributed by atoms with Crippen LogP contribution in [0, 0.1) is 15.9 Å². The van der Waals surface area contributed by atoms with Gasteiger partial charge in [-0.1, -0.05) is 0 Å². The Kier molecular flexibility index (Phi) is 4.06. The molecule has 1 unspecified atom stereocenters. The summed E-state index contributed by atoms with van der Waals surface area (Å²) in [5, 5.41) is 13.1. The highest BCUT2D eigenvalue weighted by molar-refractivity contribution is 5.94. The maximum Gasteiger partial charge on any atom is 0.304 e. The largest absolute Gasteiger partial charge is 0.376 e. The molecule has 1 aliphatic rings. The number of amides is 1. The van der Waals surface area contributed by atoms with Gasteiger partial charge in [0.15, 0.2) is 0 Å². The van der Waals surface area contributed by atoms with Gasteiger partial charge in [-0.2, -0.15) is 4.39 Å². The molecule has 1 N–H and O–H groups in total. The molecule has 0 radical (unpaired) electrons. The number of halogens is 1. The monoisotopic (exact) mass is 268 g/mol. The summed E-state index contributed by atoms with van der Waals surface area (Å²) >= 11 is 0. The summed E-state index contributed by atoms with van der Waals surface area (Å²) in [4.78, 5) is 21.4. The molecule has 0 saturated carbocycles. The molecule has 1 fully saturated rings. The number of ether oxygens (including phenoxy) is 1. The van der Waals surface area contributed by atoms with Crippen molar-refractivity contribution in [3.8, 4) is 0 Å². The standard InChI is InChI=1S/C12H13FN2O4/c13-10-6-8(3-4-11(10)15(17)18)12(16)14-7-9-2-1-5-19-9/h3-4,6,9H,1-2,5,7H2,(H,14,16). The minimum Gasteiger partial charge on any atom is -0.376 e. The van der Waals surface area contributed by atoms with Gasteiger partial charge in [0.25, 0.3) is 5.91 Å². The summed E-state index contributed by atoms with van der Waals surface area (Å²) in [6.07, 6.45) is 1.84. The fourth-order valence-electron chi connectivity index (χ4n) is 1.91. The second kappa shape index (κ2) is 5.75. The van der Waals surface area contributed by atoms with Gasteiger partial charge < -0.3 is 10.1 Å². The van der Waals surface area contributed by atoms with E-state index in [4.69, 9.17) is 4.74 Å². The van der Waals surface area contributed by atoms with Crippen LogP contribution < -0.4 is 5.32 Å². The van der Waals surface area contributed by atoms with Crippen molar-refractivity contribution < 1.29 is 18.8 Å². The second-order valence-electron chi connectivity index (χ2n) is 4.27. The normalized spacial score (nSPS) is 18.3. The highest BCUT2D eigenvalue weighted by Crippen LogP contribution is 2.18. The van der Waals surface area contributed by atoms with Crippen molar-refractivity contribution >= 4 is 11.6 Å². The first-order chi connectivity index (χ1) is 9.08. The number of nitro groups is 1. The van der Waals surface area contributed by atoms with Crippen molar-refractivity contribution in [3.63, 3.8) is 0 Å². The Morgan fingerprint density at radius 1 is 1.58 bits per heavy atom. The van der Waals surface area contributed by atoms with Gasteiger partial charge in [-0.15, -0.1) is 0 Å². The zero-order valence-corrected chi connectivity index (χ0v) is 10.1. The highest BCUT2D eigenvalue weighted by Gasteiger charge is 2.19. The van der Waals surface area contributed by atoms with E-state index in [2.05, 4.69) is 5.32 Å². The van der Waals surface area contributed by atoms with E-state index in [0.717, 1.165) is 25.0 Å². The zero-order valence-electron chi connectivity index (χ0n) is 10.1. The van der Waals surface area contributed by atoms with Crippen LogP contribution in [0.2, 0.25) is 0 Å². The molecule has 2 rings (SSSR count). The summed E-state index contributed by atoms with van der Waals surface area (Å²) in [5.41, 5.74) is -0.586. The lowest BCUT2D eigenvalue weighted by atomic mass is 10.1. The van der Waals surface area contributed by atoms with Gasteiger partial charge >= 0.3 is 5.69 Å². The van der Waals surface area contributed by atoms with E-state index >= 15 is 0 Å². The fourth-order valence-corrected chi connectivity index (χ4v) is 1.91. The lowest BCUT2D eigenvalue weighted by molar-refractivity contribution is -0.387. The number of hydrogen-bond acceptors (Lipinski definition) is 4. The summed E-state index contributed by atoms with van der Waals surface area (Å²) in [6, 6.07) is 3.07. The SMILES string of the molecule is O=C(NCC1CCCO1)c1ccc([N+](=O)[O-])c(F)c1. The number of carbonyl (C=O) groups excluding carboxylic acids is 1. The Balaban J connectivity index is 1.98. The number of benzene rings is 1. The predicted octanol–water partition coefficient (Wildman–Crippen LogP) is 1.64. The first kappa shape index (κ1) is 13.4. The number of carbonyl (C=O) groups is 1. The zero-order chi connectivity index (χ0) is 13.8. The Labute approximate surface area is 108 Å². The van der Waals surface area contributed by atoms with Crippen LogP contribution in [0.4, 0.5) is 10.1 Å². The molecule has 1 saturated heterocycles. The number of rotatable bonds is 4. The summed E-state index contributed by atoms with van der Waals surface area (Å²) < 4.78 is 18.7. The van der Waals surface area contributed by atoms with Crippen LogP contribution in [0.15, 0.2) is 18.2 Å². The van der Waals surface area contributed by atoms with E-state index in [1.807, 2.05) is 0 Å². The van der Waals surface area contributed by atoms with E-state index in [9.17, 15) is 19.3 Å². The minimum absolute atomic E-state index is 0.00755. The summed E-state index contributed by atoms with van der Waals surface area (Å²) in [5.74, 6) is -1.49. The molecule has 19 heavy (non-hydrogen) atoms. The number of hydrogen-bond donors (Lipinski definition) is 1. The van der Waals surface area contributed by atoms with Crippen molar-refractivity contribution in [2.45, 2.75) is 18.9 Å². The molecular formula is C12H13FN2O4. The molecule has 1 aromatic rings. The molecule has 0 aliphatic carbocycles. The Hall–Kier alpha value is -2.02. The maximum atomic E-state index is 13.4. The average Bonchev–Trinajstić information content (AvgIpc) is 2.88. The third-order valence-corrected chi connectivity index (χ3v) is 2.92. The smallest absolute Gasteiger partial charge is 0.304 e. The molecule has 0 aromatic heterocycles. The van der Waals surface area contributed by atoms with Crippen molar-refractivity contribution in [2.75, 3.05) is 13.2 Å². The van der Waals surface area contributed by atoms with Crippen LogP contribution in [-0.4, -0.2) is 30.1 Å². The van der Waals surface area contributed by atoms with Gasteiger partial charge in [-0.25, -0.2) is 0 Å². The molecule has 1 aliphatic heterocycles. The predicted molar refractivity (Wildman–Crippen MR) is 64.4 cm³/mol. The quantitative estimate of drug-likeness (QED) is 0.665. The number of nitro benzene ring substituents is 1. The van der Waals surface area contributed by atoms with E-state index in [-0.39, 0.29) is 11.7 Å². The molecule has 6 nitrogen and oxygen atoms in total. The van der Waals surface area contributed by atoms with E-state index in [1.54, 1.807) is 0 Å². The summed E-state index contributed by atoms with van der Waals surface area (Å²) in [6.45, 7) is 1.05. The van der Waals surface area contributed by atoms with Crippen LogP contribution in [0.1, 0.15) is 23.2 Å². The molecule has 1 aromatic carbocycles. The van der Waals surface area contributed by atoms with Crippen molar-refractivity contribution in [1.82, 2.24) is 5.32 Å². The van der Waals surface area contributed by atoms with Crippen LogP contribution >= 0.6 is 0 Å². The van der Waals surface area contributed by atoms with Crippen molar-refractivity contribution in [3.05, 3.63) is 39.7 Å². The molecule has 1 heterocycles. The van der Waals surface area contributed by atoms with Gasteiger partial charge in [-0.05, 0) is 25.0 Å². The maximum absolute atomic E-state index is 13.4. The fraction of sp³-hybridized carbons (Fsp3) is 0.417. The lowest BCUT2D eigenvalue weighted by Gasteiger charge is -2.10. The molecule has 1 amide bonds. The Morgan fingerprint density at radius 3 is 2.95 bits per heavy atom. The first-order valence-electron chi connectivity index (χ1n) is 5.91. The van der Waals surface area contributed by atoms with Crippen molar-refractivity contribution in [2.24, 2.45) is 0 Å². The average molecular weight is 268 g/mol. The van der Waals surface area contributed by atoms with Gasteiger partial charge in [0.05, 0.1) is 11.0 Å². The number of nitrogens with one attached hydrogen (secondary N) is 1. The highest BCUT2D eigenvalue weighted by atomic mass is 19.1. The van der Waals surface area contributed by atoms with Gasteiger partial charge in [-0.3, -0.25) is 14.9 Å². The van der Waals surface area contributed by atoms with Crippen LogP contribution in [-0.2, 0) is 4.74 Å². The van der Waals surface area contributed by atoms with Crippen LogP contribution in [0.25, 0.3) is 0 Å². The van der Waals surface area contributed by atoms with E-state index in [0.29, 0.717) is 13.2 Å². The Morgan fingerprint density at radius 2 is 2.37 bits per heavy atom. The Bertz CT molecular complexity index is 501. The molecular weight excluding hydrogens is 255 g/mol. The molecule has 7 heteroatoms. The minimum atomic E-state index is -1.02. The van der Waals surface area contributed by atoms with Gasteiger partial charge in [0, 0.05) is 24.8 Å². The topological polar surface area (TPSA) is 81.5 Å². The number of nitrogens with zero attached hydrogens (tertiary/aromatic N) is 1. The third kappa shape index (κ3) is 3.25. The molecule has 1 atom stereocenters. The second-order valence-corrected chi connectivity index (χ2v) is 4.27. The van der Waals surface area contributed by atoms with E-state index < -0.39 is 22.3 Å². The first-order valence-corrected chi connectivity index (χ1v) is 5.91. The molecule has 0 bridgehead atoms. The molecule has 102 valence electrons. The lowest BCUT2D eigenvalue weighted by Crippen LogP contribution is -2.31. The van der Waals surface area contributed by atoms with Crippen LogP contribution in [0.3, 0.4) is 0 Å². The van der Waals surface area contributed by atoms with Gasteiger partial charge in [0.2, 0.25) is 5.82 Å². The van der Waals surface area contributed by atoms with Gasteiger partial charge in [0.1, 0.15) is 0 Å². The molecule has 0 spiro atoms.